The Labute approximate surface area is 234 Å². The maximum atomic E-state index is 13.5. The highest BCUT2D eigenvalue weighted by Crippen LogP contribution is 2.18. The number of rotatable bonds is 13. The number of nitrogen functional groups attached to an aromatic ring is 1. The van der Waals surface area contributed by atoms with Gasteiger partial charge >= 0.3 is 17.9 Å². The molecule has 3 N–H and O–H groups in total. The minimum absolute atomic E-state index is 0.0499. The minimum atomic E-state index is -1.52. The quantitative estimate of drug-likeness (QED) is 0.0949. The van der Waals surface area contributed by atoms with Crippen molar-refractivity contribution in [2.75, 3.05) is 19.8 Å². The minimum Gasteiger partial charge on any atom is -0.464 e. The number of amides is 1. The van der Waals surface area contributed by atoms with Crippen molar-refractivity contribution < 1.29 is 33.4 Å². The lowest BCUT2D eigenvalue weighted by Gasteiger charge is -2.29. The lowest BCUT2D eigenvalue weighted by molar-refractivity contribution is -0.167. The zero-order valence-electron chi connectivity index (χ0n) is 23.6. The fourth-order valence-electron chi connectivity index (χ4n) is 3.66. The maximum Gasteiger partial charge on any atom is 0.343 e. The molecule has 0 heterocycles. The van der Waals surface area contributed by atoms with Crippen LogP contribution in [0.4, 0.5) is 0 Å². The number of carbonyl (C=O) groups is 4. The predicted octanol–water partition coefficient (Wildman–Crippen LogP) is 3.96. The number of esters is 3. The van der Waals surface area contributed by atoms with E-state index >= 15 is 0 Å². The van der Waals surface area contributed by atoms with Crippen molar-refractivity contribution in [1.29, 1.82) is 5.41 Å². The number of nitrogens with zero attached hydrogens (tertiary/aromatic N) is 1. The zero-order chi connectivity index (χ0) is 29.8. The first kappa shape index (κ1) is 31.7. The van der Waals surface area contributed by atoms with Crippen LogP contribution in [0.25, 0.3) is 6.08 Å². The van der Waals surface area contributed by atoms with Gasteiger partial charge in [-0.25, -0.2) is 14.4 Å². The van der Waals surface area contributed by atoms with Gasteiger partial charge < -0.3 is 24.8 Å². The Morgan fingerprint density at radius 2 is 1.43 bits per heavy atom. The van der Waals surface area contributed by atoms with Gasteiger partial charge in [0.15, 0.2) is 0 Å². The Kier molecular flexibility index (Phi) is 12.1. The van der Waals surface area contributed by atoms with E-state index in [0.29, 0.717) is 28.9 Å². The van der Waals surface area contributed by atoms with Gasteiger partial charge in [-0.05, 0) is 81.1 Å². The van der Waals surface area contributed by atoms with Gasteiger partial charge in [-0.3, -0.25) is 10.2 Å². The summed E-state index contributed by atoms with van der Waals surface area (Å²) >= 11 is 0. The monoisotopic (exact) mass is 551 g/mol. The summed E-state index contributed by atoms with van der Waals surface area (Å²) in [5, 5.41) is 7.43. The van der Waals surface area contributed by atoms with Crippen LogP contribution in [0, 0.1) is 11.3 Å². The number of ether oxygens (including phenoxy) is 3. The molecule has 40 heavy (non-hydrogen) atoms. The van der Waals surface area contributed by atoms with Crippen LogP contribution in [-0.2, 0) is 23.9 Å². The smallest absolute Gasteiger partial charge is 0.343 e. The largest absolute Gasteiger partial charge is 0.464 e. The summed E-state index contributed by atoms with van der Waals surface area (Å²) in [6.07, 6.45) is 2.16. The summed E-state index contributed by atoms with van der Waals surface area (Å²) in [6.45, 7) is 9.03. The third-order valence-corrected chi connectivity index (χ3v) is 5.78. The molecule has 10 heteroatoms. The topological polar surface area (TPSA) is 149 Å². The third-order valence-electron chi connectivity index (χ3n) is 5.78. The third kappa shape index (κ3) is 9.07. The zero-order valence-corrected chi connectivity index (χ0v) is 23.6. The molecule has 0 bridgehead atoms. The first-order valence-corrected chi connectivity index (χ1v) is 13.1. The molecule has 10 nitrogen and oxygen atoms in total. The Bertz CT molecular complexity index is 1220. The van der Waals surface area contributed by atoms with Crippen LogP contribution in [0.15, 0.2) is 54.1 Å². The van der Waals surface area contributed by atoms with Crippen molar-refractivity contribution in [1.82, 2.24) is 4.90 Å². The Morgan fingerprint density at radius 1 is 0.900 bits per heavy atom. The molecule has 2 aromatic carbocycles. The predicted molar refractivity (Wildman–Crippen MR) is 151 cm³/mol. The van der Waals surface area contributed by atoms with Crippen molar-refractivity contribution in [3.8, 4) is 5.75 Å². The number of hydrogen-bond donors (Lipinski definition) is 2. The Hall–Kier alpha value is -4.47. The summed E-state index contributed by atoms with van der Waals surface area (Å²) in [5.74, 6) is -2.34. The first-order valence-electron chi connectivity index (χ1n) is 13.1. The van der Waals surface area contributed by atoms with Crippen LogP contribution in [0.5, 0.6) is 5.75 Å². The van der Waals surface area contributed by atoms with E-state index in [1.165, 1.54) is 4.90 Å². The van der Waals surface area contributed by atoms with E-state index in [0.717, 1.165) is 0 Å². The van der Waals surface area contributed by atoms with Crippen molar-refractivity contribution in [3.63, 3.8) is 0 Å². The summed E-state index contributed by atoms with van der Waals surface area (Å²) in [6, 6.07) is 11.2. The standard InChI is InChI=1S/C30H37N3O7/c1-6-38-29(36)25(30(37)39-7-2)33(17-16-19(3)4)27(34)20(5)18-21-8-10-23(11-9-21)28(35)40-24-14-12-22(13-15-24)26(31)32/h8-15,18-19,25H,6-7,16-17H2,1-5H3,(H3,31,32)/b20-18+. The average Bonchev–Trinajstić information content (AvgIpc) is 2.91. The summed E-state index contributed by atoms with van der Waals surface area (Å²) in [4.78, 5) is 52.7. The maximum absolute atomic E-state index is 13.5. The number of benzene rings is 2. The highest BCUT2D eigenvalue weighted by molar-refractivity contribution is 6.06. The van der Waals surface area contributed by atoms with Gasteiger partial charge in [0.25, 0.3) is 5.91 Å². The lowest BCUT2D eigenvalue weighted by Crippen LogP contribution is -2.52. The molecule has 0 radical (unpaired) electrons. The van der Waals surface area contributed by atoms with Gasteiger partial charge in [0.2, 0.25) is 6.04 Å². The van der Waals surface area contributed by atoms with E-state index in [1.807, 2.05) is 13.8 Å². The van der Waals surface area contributed by atoms with Crippen molar-refractivity contribution in [2.24, 2.45) is 11.7 Å². The molecule has 2 rings (SSSR count). The van der Waals surface area contributed by atoms with Gasteiger partial charge in [-0.2, -0.15) is 0 Å². The molecule has 1 amide bonds. The van der Waals surface area contributed by atoms with Gasteiger partial charge in [0.05, 0.1) is 18.8 Å². The number of carbonyl (C=O) groups excluding carboxylic acids is 4. The highest BCUT2D eigenvalue weighted by atomic mass is 16.6. The fourth-order valence-corrected chi connectivity index (χ4v) is 3.66. The molecule has 0 fully saturated rings. The molecule has 0 spiro atoms. The average molecular weight is 552 g/mol. The van der Waals surface area contributed by atoms with E-state index in [4.69, 9.17) is 25.4 Å². The Balaban J connectivity index is 2.25. The van der Waals surface area contributed by atoms with Gasteiger partial charge in [-0.15, -0.1) is 0 Å². The molecule has 0 aliphatic heterocycles. The number of nitrogens with one attached hydrogen (secondary N) is 1. The second-order valence-electron chi connectivity index (χ2n) is 9.36. The van der Waals surface area contributed by atoms with Crippen molar-refractivity contribution in [3.05, 3.63) is 70.8 Å². The molecule has 0 saturated carbocycles. The SMILES string of the molecule is CCOC(=O)C(C(=O)OCC)N(CCC(C)C)C(=O)/C(C)=C/c1ccc(C(=O)Oc2ccc(C(=N)N)cc2)cc1. The normalized spacial score (nSPS) is 11.2. The van der Waals surface area contributed by atoms with E-state index in [9.17, 15) is 19.2 Å². The van der Waals surface area contributed by atoms with Crippen LogP contribution >= 0.6 is 0 Å². The van der Waals surface area contributed by atoms with E-state index in [1.54, 1.807) is 75.4 Å². The lowest BCUT2D eigenvalue weighted by atomic mass is 10.1. The van der Waals surface area contributed by atoms with Crippen LogP contribution in [0.2, 0.25) is 0 Å². The van der Waals surface area contributed by atoms with Gasteiger partial charge in [0.1, 0.15) is 11.6 Å². The van der Waals surface area contributed by atoms with Crippen molar-refractivity contribution in [2.45, 2.75) is 47.1 Å². The second-order valence-corrected chi connectivity index (χ2v) is 9.36. The number of amidine groups is 1. The molecule has 0 atom stereocenters. The molecule has 0 aromatic heterocycles. The molecular weight excluding hydrogens is 514 g/mol. The van der Waals surface area contributed by atoms with E-state index in [-0.39, 0.29) is 37.1 Å². The molecule has 214 valence electrons. The molecule has 0 aliphatic carbocycles. The van der Waals surface area contributed by atoms with Gasteiger partial charge in [0, 0.05) is 17.7 Å². The molecule has 0 saturated heterocycles. The van der Waals surface area contributed by atoms with E-state index < -0.39 is 29.9 Å². The molecular formula is C30H37N3O7. The van der Waals surface area contributed by atoms with Crippen LogP contribution in [0.3, 0.4) is 0 Å². The van der Waals surface area contributed by atoms with E-state index in [2.05, 4.69) is 0 Å². The van der Waals surface area contributed by atoms with Crippen molar-refractivity contribution >= 4 is 35.7 Å². The molecule has 2 aromatic rings. The second kappa shape index (κ2) is 15.2. The summed E-state index contributed by atoms with van der Waals surface area (Å²) in [7, 11) is 0. The van der Waals surface area contributed by atoms with Crippen LogP contribution in [-0.4, -0.2) is 60.4 Å². The first-order chi connectivity index (χ1) is 19.0. The number of nitrogens with two attached hydrogens (primary N) is 1. The molecule has 0 unspecified atom stereocenters. The summed E-state index contributed by atoms with van der Waals surface area (Å²) in [5.41, 5.74) is 7.15. The fraction of sp³-hybridized carbons (Fsp3) is 0.367. The highest BCUT2D eigenvalue weighted by Gasteiger charge is 2.38. The number of hydrogen-bond acceptors (Lipinski definition) is 8. The molecule has 0 aliphatic rings. The summed E-state index contributed by atoms with van der Waals surface area (Å²) < 4.78 is 15.5. The Morgan fingerprint density at radius 3 is 1.90 bits per heavy atom. The van der Waals surface area contributed by atoms with Crippen LogP contribution < -0.4 is 10.5 Å². The van der Waals surface area contributed by atoms with Gasteiger partial charge in [-0.1, -0.05) is 26.0 Å². The van der Waals surface area contributed by atoms with Crippen LogP contribution in [0.1, 0.15) is 62.5 Å².